The molecular formula is C18H28N2O3. The lowest BCUT2D eigenvalue weighted by molar-refractivity contribution is -0.129. The fourth-order valence-corrected chi connectivity index (χ4v) is 3.11. The van der Waals surface area contributed by atoms with Crippen molar-refractivity contribution in [3.63, 3.8) is 0 Å². The molecule has 128 valence electrons. The predicted molar refractivity (Wildman–Crippen MR) is 90.4 cm³/mol. The molecule has 1 aromatic carbocycles. The van der Waals surface area contributed by atoms with Gasteiger partial charge >= 0.3 is 0 Å². The zero-order valence-corrected chi connectivity index (χ0v) is 14.3. The van der Waals surface area contributed by atoms with Crippen LogP contribution < -0.4 is 10.1 Å². The Kier molecular flexibility index (Phi) is 6.42. The summed E-state index contributed by atoms with van der Waals surface area (Å²) in [6.45, 7) is 7.16. The summed E-state index contributed by atoms with van der Waals surface area (Å²) in [6.07, 6.45) is 1.11. The Morgan fingerprint density at radius 3 is 2.96 bits per heavy atom. The summed E-state index contributed by atoms with van der Waals surface area (Å²) >= 11 is 0. The van der Waals surface area contributed by atoms with E-state index in [1.165, 1.54) is 6.42 Å². The number of nitrogens with zero attached hydrogens (tertiary/aromatic N) is 1. The molecule has 5 nitrogen and oxygen atoms in total. The molecule has 1 amide bonds. The van der Waals surface area contributed by atoms with E-state index in [0.29, 0.717) is 29.8 Å². The van der Waals surface area contributed by atoms with Gasteiger partial charge in [0.25, 0.3) is 5.91 Å². The average Bonchev–Trinajstić information content (AvgIpc) is 2.98. The van der Waals surface area contributed by atoms with Gasteiger partial charge in [0.1, 0.15) is 5.75 Å². The molecule has 2 atom stereocenters. The number of benzene rings is 1. The van der Waals surface area contributed by atoms with E-state index in [-0.39, 0.29) is 5.91 Å². The van der Waals surface area contributed by atoms with Gasteiger partial charge in [0.05, 0.1) is 7.11 Å². The molecule has 1 unspecified atom stereocenters. The summed E-state index contributed by atoms with van der Waals surface area (Å²) in [7, 11) is 1.56. The van der Waals surface area contributed by atoms with E-state index in [1.54, 1.807) is 31.4 Å². The Balaban J connectivity index is 1.88. The number of ether oxygens (including phenoxy) is 1. The van der Waals surface area contributed by atoms with Gasteiger partial charge in [-0.25, -0.2) is 0 Å². The van der Waals surface area contributed by atoms with Crippen molar-refractivity contribution in [1.82, 2.24) is 10.2 Å². The van der Waals surface area contributed by atoms with Crippen LogP contribution in [0.25, 0.3) is 0 Å². The van der Waals surface area contributed by atoms with Crippen molar-refractivity contribution in [3.8, 4) is 5.75 Å². The van der Waals surface area contributed by atoms with Crippen LogP contribution in [0.1, 0.15) is 38.4 Å². The van der Waals surface area contributed by atoms with Gasteiger partial charge in [-0.05, 0) is 43.0 Å². The Hall–Kier alpha value is -1.59. The first kappa shape index (κ1) is 17.8. The van der Waals surface area contributed by atoms with Crippen molar-refractivity contribution in [3.05, 3.63) is 29.8 Å². The van der Waals surface area contributed by atoms with Crippen molar-refractivity contribution < 1.29 is 14.6 Å². The highest BCUT2D eigenvalue weighted by Gasteiger charge is 2.26. The number of nitrogens with one attached hydrogen (secondary N) is 1. The third kappa shape index (κ3) is 4.94. The number of amides is 1. The molecule has 0 saturated carbocycles. The molecule has 1 aliphatic heterocycles. The maximum absolute atomic E-state index is 12.2. The number of aliphatic hydroxyl groups excluding tert-OH is 1. The maximum Gasteiger partial charge on any atom is 0.253 e. The molecule has 2 N–H and O–H groups in total. The monoisotopic (exact) mass is 320 g/mol. The second-order valence-corrected chi connectivity index (χ2v) is 6.61. The molecular weight excluding hydrogens is 292 g/mol. The highest BCUT2D eigenvalue weighted by Crippen LogP contribution is 2.20. The number of aliphatic hydroxyl groups is 1. The topological polar surface area (TPSA) is 61.8 Å². The fraction of sp³-hybridized carbons (Fsp3) is 0.611. The number of carbonyl (C=O) groups is 1. The van der Waals surface area contributed by atoms with Crippen LogP contribution in [0, 0.1) is 5.92 Å². The van der Waals surface area contributed by atoms with Crippen LogP contribution in [0.3, 0.4) is 0 Å². The zero-order chi connectivity index (χ0) is 16.8. The molecule has 5 heteroatoms. The molecule has 0 bridgehead atoms. The van der Waals surface area contributed by atoms with Crippen molar-refractivity contribution in [2.75, 3.05) is 26.7 Å². The lowest BCUT2D eigenvalue weighted by Crippen LogP contribution is -2.42. The van der Waals surface area contributed by atoms with Gasteiger partial charge < -0.3 is 15.2 Å². The molecule has 0 radical (unpaired) electrons. The van der Waals surface area contributed by atoms with Crippen LogP contribution in [0.5, 0.6) is 5.75 Å². The maximum atomic E-state index is 12.2. The number of hydrogen-bond donors (Lipinski definition) is 2. The third-order valence-corrected chi connectivity index (χ3v) is 4.27. The van der Waals surface area contributed by atoms with Crippen LogP contribution in [-0.2, 0) is 4.79 Å². The SMILES string of the molecule is COc1cccc(C(O)C(=O)NC[C@H]2CCCN2CC(C)C)c1. The van der Waals surface area contributed by atoms with Crippen LogP contribution in [-0.4, -0.2) is 48.7 Å². The van der Waals surface area contributed by atoms with E-state index in [1.807, 2.05) is 0 Å². The number of carbonyl (C=O) groups excluding carboxylic acids is 1. The van der Waals surface area contributed by atoms with E-state index in [9.17, 15) is 9.90 Å². The van der Waals surface area contributed by atoms with Gasteiger partial charge in [0.15, 0.2) is 6.10 Å². The van der Waals surface area contributed by atoms with E-state index < -0.39 is 6.10 Å². The van der Waals surface area contributed by atoms with Gasteiger partial charge in [-0.3, -0.25) is 9.69 Å². The van der Waals surface area contributed by atoms with Gasteiger partial charge in [0.2, 0.25) is 0 Å². The number of hydrogen-bond acceptors (Lipinski definition) is 4. The first-order valence-corrected chi connectivity index (χ1v) is 8.35. The molecule has 1 fully saturated rings. The standard InChI is InChI=1S/C18H28N2O3/c1-13(2)12-20-9-5-7-15(20)11-19-18(22)17(21)14-6-4-8-16(10-14)23-3/h4,6,8,10,13,15,17,21H,5,7,9,11-12H2,1-3H3,(H,19,22)/t15-,17?/m1/s1. The zero-order valence-electron chi connectivity index (χ0n) is 14.3. The smallest absolute Gasteiger partial charge is 0.253 e. The van der Waals surface area contributed by atoms with E-state index in [0.717, 1.165) is 19.5 Å². The van der Waals surface area contributed by atoms with Crippen molar-refractivity contribution >= 4 is 5.91 Å². The molecule has 1 aliphatic rings. The molecule has 0 spiro atoms. The van der Waals surface area contributed by atoms with E-state index in [2.05, 4.69) is 24.1 Å². The molecule has 1 heterocycles. The summed E-state index contributed by atoms with van der Waals surface area (Å²) < 4.78 is 5.13. The summed E-state index contributed by atoms with van der Waals surface area (Å²) in [5, 5.41) is 13.1. The van der Waals surface area contributed by atoms with Crippen molar-refractivity contribution in [2.24, 2.45) is 5.92 Å². The minimum absolute atomic E-state index is 0.352. The van der Waals surface area contributed by atoms with E-state index >= 15 is 0 Å². The lowest BCUT2D eigenvalue weighted by atomic mass is 10.1. The Morgan fingerprint density at radius 2 is 2.26 bits per heavy atom. The molecule has 0 aromatic heterocycles. The van der Waals surface area contributed by atoms with Gasteiger partial charge in [-0.2, -0.15) is 0 Å². The van der Waals surface area contributed by atoms with Gasteiger partial charge in [-0.15, -0.1) is 0 Å². The third-order valence-electron chi connectivity index (χ3n) is 4.27. The van der Waals surface area contributed by atoms with E-state index in [4.69, 9.17) is 4.74 Å². The quantitative estimate of drug-likeness (QED) is 0.806. The summed E-state index contributed by atoms with van der Waals surface area (Å²) in [4.78, 5) is 14.6. The first-order valence-electron chi connectivity index (χ1n) is 8.35. The first-order chi connectivity index (χ1) is 11.0. The summed E-state index contributed by atoms with van der Waals surface area (Å²) in [6, 6.07) is 7.35. The second-order valence-electron chi connectivity index (χ2n) is 6.61. The average molecular weight is 320 g/mol. The highest BCUT2D eigenvalue weighted by atomic mass is 16.5. The minimum atomic E-state index is -1.16. The Bertz CT molecular complexity index is 519. The largest absolute Gasteiger partial charge is 0.497 e. The normalized spacial score (nSPS) is 19.8. The molecule has 1 aromatic rings. The number of likely N-dealkylation sites (tertiary alicyclic amines) is 1. The summed E-state index contributed by atoms with van der Waals surface area (Å²) in [5.41, 5.74) is 0.548. The molecule has 0 aliphatic carbocycles. The van der Waals surface area contributed by atoms with Crippen LogP contribution in [0.4, 0.5) is 0 Å². The highest BCUT2D eigenvalue weighted by molar-refractivity contribution is 5.82. The van der Waals surface area contributed by atoms with Gasteiger partial charge in [0, 0.05) is 19.1 Å². The van der Waals surface area contributed by atoms with Crippen molar-refractivity contribution in [1.29, 1.82) is 0 Å². The fourth-order valence-electron chi connectivity index (χ4n) is 3.11. The Labute approximate surface area is 138 Å². The van der Waals surface area contributed by atoms with Crippen molar-refractivity contribution in [2.45, 2.75) is 38.8 Å². The lowest BCUT2D eigenvalue weighted by Gasteiger charge is -2.26. The minimum Gasteiger partial charge on any atom is -0.497 e. The number of rotatable bonds is 7. The Morgan fingerprint density at radius 1 is 1.48 bits per heavy atom. The predicted octanol–water partition coefficient (Wildman–Crippen LogP) is 1.97. The number of methoxy groups -OCH3 is 1. The van der Waals surface area contributed by atoms with Crippen LogP contribution in [0.15, 0.2) is 24.3 Å². The molecule has 2 rings (SSSR count). The molecule has 23 heavy (non-hydrogen) atoms. The second kappa shape index (κ2) is 8.31. The molecule has 1 saturated heterocycles. The van der Waals surface area contributed by atoms with Crippen LogP contribution in [0.2, 0.25) is 0 Å². The summed E-state index contributed by atoms with van der Waals surface area (Å²) in [5.74, 6) is 0.900. The van der Waals surface area contributed by atoms with Crippen LogP contribution >= 0.6 is 0 Å². The van der Waals surface area contributed by atoms with Gasteiger partial charge in [-0.1, -0.05) is 26.0 Å².